The number of nitrogens with one attached hydrogen (secondary N) is 1. The van der Waals surface area contributed by atoms with Crippen LogP contribution in [0.25, 0.3) is 0 Å². The Morgan fingerprint density at radius 2 is 2.05 bits per heavy atom. The van der Waals surface area contributed by atoms with Gasteiger partial charge in [0.2, 0.25) is 0 Å². The van der Waals surface area contributed by atoms with E-state index < -0.39 is 11.5 Å². The van der Waals surface area contributed by atoms with Crippen molar-refractivity contribution in [2.45, 2.75) is 18.4 Å². The molecule has 5 nitrogen and oxygen atoms in total. The van der Waals surface area contributed by atoms with E-state index in [1.807, 2.05) is 30.3 Å². The lowest BCUT2D eigenvalue weighted by atomic mass is 9.91. The highest BCUT2D eigenvalue weighted by Gasteiger charge is 2.39. The standard InChI is InChI=1S/C16H23NO4/c1-17-16(15(18)19,14-5-3-2-4-6-14)12-21-11-13-7-9-20-10-8-13/h2-6,13,17H,7-12H2,1H3,(H,18,19). The molecule has 1 saturated heterocycles. The Labute approximate surface area is 125 Å². The van der Waals surface area contributed by atoms with Crippen LogP contribution in [0.3, 0.4) is 0 Å². The first-order chi connectivity index (χ1) is 10.2. The van der Waals surface area contributed by atoms with Gasteiger partial charge < -0.3 is 14.6 Å². The normalized spacial score (nSPS) is 19.1. The number of aliphatic carboxylic acids is 1. The maximum atomic E-state index is 11.8. The lowest BCUT2D eigenvalue weighted by molar-refractivity contribution is -0.148. The average Bonchev–Trinajstić information content (AvgIpc) is 2.53. The Morgan fingerprint density at radius 3 is 2.62 bits per heavy atom. The minimum atomic E-state index is -1.20. The van der Waals surface area contributed by atoms with Crippen LogP contribution in [0.5, 0.6) is 0 Å². The van der Waals surface area contributed by atoms with Crippen molar-refractivity contribution in [2.75, 3.05) is 33.5 Å². The summed E-state index contributed by atoms with van der Waals surface area (Å²) >= 11 is 0. The maximum Gasteiger partial charge on any atom is 0.330 e. The number of benzene rings is 1. The summed E-state index contributed by atoms with van der Waals surface area (Å²) in [6.07, 6.45) is 1.95. The molecule has 2 N–H and O–H groups in total. The predicted octanol–water partition coefficient (Wildman–Crippen LogP) is 1.63. The summed E-state index contributed by atoms with van der Waals surface area (Å²) in [5.74, 6) is -0.471. The van der Waals surface area contributed by atoms with Crippen LogP contribution in [0, 0.1) is 5.92 Å². The highest BCUT2D eigenvalue weighted by Crippen LogP contribution is 2.23. The van der Waals surface area contributed by atoms with Crippen LogP contribution in [-0.4, -0.2) is 44.6 Å². The van der Waals surface area contributed by atoms with Crippen LogP contribution in [0.1, 0.15) is 18.4 Å². The Bertz CT molecular complexity index is 445. The number of rotatable bonds is 7. The molecule has 1 aromatic carbocycles. The van der Waals surface area contributed by atoms with Gasteiger partial charge in [-0.1, -0.05) is 30.3 Å². The lowest BCUT2D eigenvalue weighted by Gasteiger charge is -2.30. The molecule has 0 radical (unpaired) electrons. The van der Waals surface area contributed by atoms with Crippen molar-refractivity contribution in [1.29, 1.82) is 0 Å². The van der Waals surface area contributed by atoms with Gasteiger partial charge in [-0.15, -0.1) is 0 Å². The number of hydrogen-bond donors (Lipinski definition) is 2. The van der Waals surface area contributed by atoms with Gasteiger partial charge in [-0.05, 0) is 31.4 Å². The van der Waals surface area contributed by atoms with E-state index >= 15 is 0 Å². The van der Waals surface area contributed by atoms with Gasteiger partial charge in [0.15, 0.2) is 5.54 Å². The van der Waals surface area contributed by atoms with Gasteiger partial charge in [-0.3, -0.25) is 5.32 Å². The van der Waals surface area contributed by atoms with Crippen LogP contribution in [0.2, 0.25) is 0 Å². The number of ether oxygens (including phenoxy) is 2. The molecule has 1 heterocycles. The Morgan fingerprint density at radius 1 is 1.38 bits per heavy atom. The minimum Gasteiger partial charge on any atom is -0.480 e. The maximum absolute atomic E-state index is 11.8. The van der Waals surface area contributed by atoms with Crippen molar-refractivity contribution < 1.29 is 19.4 Å². The zero-order valence-electron chi connectivity index (χ0n) is 12.4. The monoisotopic (exact) mass is 293 g/mol. The molecule has 0 bridgehead atoms. The molecule has 2 rings (SSSR count). The summed E-state index contributed by atoms with van der Waals surface area (Å²) in [5.41, 5.74) is -0.501. The largest absolute Gasteiger partial charge is 0.480 e. The molecule has 116 valence electrons. The first kappa shape index (κ1) is 15.9. The fraction of sp³-hybridized carbons (Fsp3) is 0.562. The molecule has 1 aliphatic heterocycles. The van der Waals surface area contributed by atoms with Crippen molar-refractivity contribution in [3.8, 4) is 0 Å². The van der Waals surface area contributed by atoms with E-state index in [2.05, 4.69) is 5.32 Å². The smallest absolute Gasteiger partial charge is 0.330 e. The fourth-order valence-electron chi connectivity index (χ4n) is 2.61. The topological polar surface area (TPSA) is 67.8 Å². The number of likely N-dealkylation sites (N-methyl/N-ethyl adjacent to an activating group) is 1. The van der Waals surface area contributed by atoms with Crippen LogP contribution >= 0.6 is 0 Å². The highest BCUT2D eigenvalue weighted by molar-refractivity contribution is 5.81. The van der Waals surface area contributed by atoms with Gasteiger partial charge in [0, 0.05) is 19.8 Å². The van der Waals surface area contributed by atoms with Crippen LogP contribution in [0.15, 0.2) is 30.3 Å². The zero-order valence-corrected chi connectivity index (χ0v) is 12.4. The van der Waals surface area contributed by atoms with E-state index in [0.717, 1.165) is 26.1 Å². The summed E-state index contributed by atoms with van der Waals surface area (Å²) in [6, 6.07) is 9.16. The molecule has 1 fully saturated rings. The molecule has 0 spiro atoms. The quantitative estimate of drug-likeness (QED) is 0.800. The first-order valence-electron chi connectivity index (χ1n) is 7.32. The Hall–Kier alpha value is -1.43. The zero-order chi connectivity index (χ0) is 15.1. The third-order valence-corrected chi connectivity index (χ3v) is 4.07. The third-order valence-electron chi connectivity index (χ3n) is 4.07. The molecule has 21 heavy (non-hydrogen) atoms. The fourth-order valence-corrected chi connectivity index (χ4v) is 2.61. The molecule has 0 aromatic heterocycles. The Balaban J connectivity index is 2.01. The molecule has 0 amide bonds. The summed E-state index contributed by atoms with van der Waals surface area (Å²) < 4.78 is 11.1. The van der Waals surface area contributed by atoms with E-state index in [1.54, 1.807) is 7.05 Å². The van der Waals surface area contributed by atoms with Crippen LogP contribution in [-0.2, 0) is 19.8 Å². The van der Waals surface area contributed by atoms with Crippen molar-refractivity contribution in [3.05, 3.63) is 35.9 Å². The lowest BCUT2D eigenvalue weighted by Crippen LogP contribution is -2.51. The van der Waals surface area contributed by atoms with Gasteiger partial charge in [-0.2, -0.15) is 0 Å². The number of carboxylic acids is 1. The number of hydrogen-bond acceptors (Lipinski definition) is 4. The van der Waals surface area contributed by atoms with Crippen LogP contribution < -0.4 is 5.32 Å². The van der Waals surface area contributed by atoms with Crippen molar-refractivity contribution in [3.63, 3.8) is 0 Å². The minimum absolute atomic E-state index is 0.111. The summed E-state index contributed by atoms with van der Waals surface area (Å²) in [5, 5.41) is 12.6. The summed E-state index contributed by atoms with van der Waals surface area (Å²) in [4.78, 5) is 11.8. The van der Waals surface area contributed by atoms with Gasteiger partial charge in [0.05, 0.1) is 6.61 Å². The molecular weight excluding hydrogens is 270 g/mol. The van der Waals surface area contributed by atoms with Gasteiger partial charge in [-0.25, -0.2) is 4.79 Å². The van der Waals surface area contributed by atoms with Gasteiger partial charge in [0.1, 0.15) is 0 Å². The molecule has 1 atom stereocenters. The van der Waals surface area contributed by atoms with Crippen molar-refractivity contribution in [1.82, 2.24) is 5.32 Å². The molecule has 1 unspecified atom stereocenters. The molecule has 1 aromatic rings. The SMILES string of the molecule is CNC(COCC1CCOCC1)(C(=O)O)c1ccccc1. The number of carboxylic acid groups (broad SMARTS) is 1. The predicted molar refractivity (Wildman–Crippen MR) is 79.2 cm³/mol. The average molecular weight is 293 g/mol. The molecule has 0 saturated carbocycles. The van der Waals surface area contributed by atoms with E-state index in [4.69, 9.17) is 9.47 Å². The first-order valence-corrected chi connectivity index (χ1v) is 7.32. The third kappa shape index (κ3) is 3.81. The summed E-state index contributed by atoms with van der Waals surface area (Å²) in [7, 11) is 1.65. The van der Waals surface area contributed by atoms with E-state index in [0.29, 0.717) is 18.1 Å². The molecule has 0 aliphatic carbocycles. The van der Waals surface area contributed by atoms with E-state index in [9.17, 15) is 9.90 Å². The second-order valence-corrected chi connectivity index (χ2v) is 5.40. The van der Waals surface area contributed by atoms with Crippen molar-refractivity contribution >= 4 is 5.97 Å². The highest BCUT2D eigenvalue weighted by atomic mass is 16.5. The Kier molecular flexibility index (Phi) is 5.73. The van der Waals surface area contributed by atoms with E-state index in [1.165, 1.54) is 0 Å². The second-order valence-electron chi connectivity index (χ2n) is 5.40. The van der Waals surface area contributed by atoms with Gasteiger partial charge >= 0.3 is 5.97 Å². The number of carbonyl (C=O) groups is 1. The molecular formula is C16H23NO4. The van der Waals surface area contributed by atoms with Gasteiger partial charge in [0.25, 0.3) is 0 Å². The van der Waals surface area contributed by atoms with Crippen LogP contribution in [0.4, 0.5) is 0 Å². The van der Waals surface area contributed by atoms with Crippen molar-refractivity contribution in [2.24, 2.45) is 5.92 Å². The van der Waals surface area contributed by atoms with E-state index in [-0.39, 0.29) is 6.61 Å². The summed E-state index contributed by atoms with van der Waals surface area (Å²) in [6.45, 7) is 2.22. The second kappa shape index (κ2) is 7.54. The molecule has 1 aliphatic rings. The molecule has 5 heteroatoms.